The van der Waals surface area contributed by atoms with Crippen LogP contribution in [0.15, 0.2) is 41.3 Å². The van der Waals surface area contributed by atoms with Crippen LogP contribution in [0, 0.1) is 35.2 Å². The number of rotatable bonds is 4. The van der Waals surface area contributed by atoms with Crippen LogP contribution in [0.25, 0.3) is 16.6 Å². The van der Waals surface area contributed by atoms with Crippen molar-refractivity contribution in [2.45, 2.75) is 13.0 Å². The Balaban J connectivity index is 0.000000586. The van der Waals surface area contributed by atoms with E-state index in [0.29, 0.717) is 43.2 Å². The molecule has 37 heavy (non-hydrogen) atoms. The van der Waals surface area contributed by atoms with Gasteiger partial charge < -0.3 is 20.3 Å². The fourth-order valence-corrected chi connectivity index (χ4v) is 5.15. The maximum atomic E-state index is 15.1. The molecule has 1 aromatic heterocycles. The third-order valence-electron chi connectivity index (χ3n) is 6.68. The Labute approximate surface area is 209 Å². The lowest BCUT2D eigenvalue weighted by molar-refractivity contribution is 0.0695. The highest BCUT2D eigenvalue weighted by Crippen LogP contribution is 2.54. The Bertz CT molecular complexity index is 1550. The number of halogens is 3. The van der Waals surface area contributed by atoms with Crippen molar-refractivity contribution in [3.8, 4) is 5.69 Å². The number of carboxylic acid groups (broad SMARTS) is 1. The van der Waals surface area contributed by atoms with Gasteiger partial charge in [0, 0.05) is 36.8 Å². The van der Waals surface area contributed by atoms with Gasteiger partial charge in [0.25, 0.3) is 10.1 Å². The van der Waals surface area contributed by atoms with Gasteiger partial charge in [-0.2, -0.15) is 8.42 Å². The van der Waals surface area contributed by atoms with E-state index in [9.17, 15) is 31.9 Å². The van der Waals surface area contributed by atoms with E-state index in [1.807, 2.05) is 11.8 Å². The molecule has 1 aliphatic carbocycles. The summed E-state index contributed by atoms with van der Waals surface area (Å²) >= 11 is 0. The zero-order valence-corrected chi connectivity index (χ0v) is 20.5. The number of nitrogens with two attached hydrogens (primary N) is 1. The fraction of sp³-hybridized carbons (Fsp3) is 0.333. The zero-order chi connectivity index (χ0) is 27.4. The molecule has 0 radical (unpaired) electrons. The summed E-state index contributed by atoms with van der Waals surface area (Å²) in [4.78, 5) is 26.2. The van der Waals surface area contributed by atoms with Crippen LogP contribution in [0.2, 0.25) is 0 Å². The van der Waals surface area contributed by atoms with E-state index in [0.717, 1.165) is 29.0 Å². The molecule has 13 heteroatoms. The van der Waals surface area contributed by atoms with Crippen molar-refractivity contribution in [2.75, 3.05) is 24.2 Å². The van der Waals surface area contributed by atoms with E-state index in [2.05, 4.69) is 0 Å². The van der Waals surface area contributed by atoms with Crippen LogP contribution in [0.4, 0.5) is 18.9 Å². The second-order valence-corrected chi connectivity index (χ2v) is 10.8. The minimum absolute atomic E-state index is 0.0645. The molecule has 0 spiro atoms. The standard InChI is InChI=1S/C23H20F3N3O3.CH4O3S/c1-10(27)21-13-7-28(8-14(13)21)20-6-19-12(5-17(20)26)22(30)15(23(31)32)9-29(19)18-3-2-11(24)4-16(18)25;1-5(2,3)4/h2-6,9-10,13-14,21H,7-8,27H2,1H3,(H,31,32);1H3,(H,2,3,4)/t10?,13-,14+,21?;. The molecule has 2 aliphatic rings. The highest BCUT2D eigenvalue weighted by Gasteiger charge is 2.57. The topological polar surface area (TPSA) is 143 Å². The molecule has 4 atom stereocenters. The summed E-state index contributed by atoms with van der Waals surface area (Å²) in [5.41, 5.74) is 4.70. The molecule has 1 saturated heterocycles. The first-order valence-electron chi connectivity index (χ1n) is 11.2. The first-order chi connectivity index (χ1) is 17.2. The number of aromatic nitrogens is 1. The molecule has 2 fully saturated rings. The van der Waals surface area contributed by atoms with E-state index in [1.165, 1.54) is 6.07 Å². The van der Waals surface area contributed by atoms with Crippen LogP contribution in [0.1, 0.15) is 17.3 Å². The molecule has 2 heterocycles. The van der Waals surface area contributed by atoms with Crippen LogP contribution in [0.3, 0.4) is 0 Å². The molecular weight excluding hydrogens is 515 g/mol. The summed E-state index contributed by atoms with van der Waals surface area (Å²) in [5.74, 6) is -2.80. The van der Waals surface area contributed by atoms with Crippen molar-refractivity contribution < 1.29 is 36.0 Å². The van der Waals surface area contributed by atoms with Crippen molar-refractivity contribution >= 4 is 32.7 Å². The summed E-state index contributed by atoms with van der Waals surface area (Å²) in [6, 6.07) is 5.30. The molecule has 2 aromatic carbocycles. The Morgan fingerprint density at radius 2 is 1.65 bits per heavy atom. The summed E-state index contributed by atoms with van der Waals surface area (Å²) in [6.45, 7) is 3.18. The number of carboxylic acids is 1. The third kappa shape index (κ3) is 5.33. The predicted molar refractivity (Wildman–Crippen MR) is 130 cm³/mol. The Morgan fingerprint density at radius 3 is 2.16 bits per heavy atom. The summed E-state index contributed by atoms with van der Waals surface area (Å²) in [6.07, 6.45) is 1.70. The molecule has 9 nitrogen and oxygen atoms in total. The summed E-state index contributed by atoms with van der Waals surface area (Å²) < 4.78 is 70.1. The lowest BCUT2D eigenvalue weighted by atomic mass is 10.1. The fourth-order valence-electron chi connectivity index (χ4n) is 5.15. The molecular formula is C24H24F3N3O6S. The van der Waals surface area contributed by atoms with E-state index < -0.39 is 44.5 Å². The molecule has 2 unspecified atom stereocenters. The Morgan fingerprint density at radius 1 is 1.08 bits per heavy atom. The summed E-state index contributed by atoms with van der Waals surface area (Å²) in [7, 11) is -3.67. The van der Waals surface area contributed by atoms with E-state index in [1.54, 1.807) is 0 Å². The Kier molecular flexibility index (Phi) is 6.82. The molecule has 5 rings (SSSR count). The second kappa shape index (κ2) is 9.47. The number of benzene rings is 2. The average Bonchev–Trinajstić information content (AvgIpc) is 3.28. The van der Waals surface area contributed by atoms with Crippen molar-refractivity contribution in [3.63, 3.8) is 0 Å². The third-order valence-corrected chi connectivity index (χ3v) is 6.68. The SMILES string of the molecule is CC(N)C1[C@H]2CN(c3cc4c(cc3F)c(=O)c(C(=O)O)cn4-c3ccc(F)cc3F)C[C@@H]12.CS(=O)(=O)O. The number of aromatic carboxylic acids is 1. The van der Waals surface area contributed by atoms with Gasteiger partial charge in [0.15, 0.2) is 0 Å². The number of hydrogen-bond donors (Lipinski definition) is 3. The van der Waals surface area contributed by atoms with Crippen molar-refractivity contribution in [1.29, 1.82) is 0 Å². The van der Waals surface area contributed by atoms with Gasteiger partial charge in [-0.05, 0) is 48.9 Å². The van der Waals surface area contributed by atoms with Crippen LogP contribution in [0.5, 0.6) is 0 Å². The smallest absolute Gasteiger partial charge is 0.341 e. The first kappa shape index (κ1) is 26.6. The molecule has 0 bridgehead atoms. The molecule has 1 aliphatic heterocycles. The monoisotopic (exact) mass is 539 g/mol. The van der Waals surface area contributed by atoms with Gasteiger partial charge in [-0.1, -0.05) is 0 Å². The highest BCUT2D eigenvalue weighted by molar-refractivity contribution is 7.85. The largest absolute Gasteiger partial charge is 0.477 e. The van der Waals surface area contributed by atoms with Gasteiger partial charge in [-0.15, -0.1) is 0 Å². The van der Waals surface area contributed by atoms with Gasteiger partial charge in [0.05, 0.1) is 23.1 Å². The van der Waals surface area contributed by atoms with Crippen LogP contribution >= 0.6 is 0 Å². The molecule has 1 saturated carbocycles. The number of piperidine rings is 1. The van der Waals surface area contributed by atoms with Crippen molar-refractivity contribution in [3.05, 3.63) is 69.8 Å². The van der Waals surface area contributed by atoms with Crippen LogP contribution in [-0.2, 0) is 10.1 Å². The van der Waals surface area contributed by atoms with Crippen LogP contribution < -0.4 is 16.1 Å². The highest BCUT2D eigenvalue weighted by atomic mass is 32.2. The maximum absolute atomic E-state index is 15.1. The van der Waals surface area contributed by atoms with E-state index in [4.69, 9.17) is 10.3 Å². The van der Waals surface area contributed by atoms with Gasteiger partial charge >= 0.3 is 5.97 Å². The first-order valence-corrected chi connectivity index (χ1v) is 13.0. The van der Waals surface area contributed by atoms with E-state index in [-0.39, 0.29) is 28.3 Å². The van der Waals surface area contributed by atoms with Gasteiger partial charge in [0.1, 0.15) is 23.0 Å². The quantitative estimate of drug-likeness (QED) is 0.430. The second-order valence-electron chi connectivity index (χ2n) is 9.37. The zero-order valence-electron chi connectivity index (χ0n) is 19.7. The van der Waals surface area contributed by atoms with Gasteiger partial charge in [0.2, 0.25) is 5.43 Å². The molecule has 3 aromatic rings. The van der Waals surface area contributed by atoms with Gasteiger partial charge in [-0.25, -0.2) is 18.0 Å². The summed E-state index contributed by atoms with van der Waals surface area (Å²) in [5, 5.41) is 9.23. The number of hydrogen-bond acceptors (Lipinski definition) is 6. The number of pyridine rings is 1. The Hall–Kier alpha value is -3.42. The normalized spacial score (nSPS) is 21.3. The number of carbonyl (C=O) groups is 1. The average molecular weight is 540 g/mol. The number of anilines is 1. The number of nitrogens with zero attached hydrogens (tertiary/aromatic N) is 2. The minimum Gasteiger partial charge on any atom is -0.477 e. The van der Waals surface area contributed by atoms with Crippen molar-refractivity contribution in [2.24, 2.45) is 23.5 Å². The molecule has 198 valence electrons. The van der Waals surface area contributed by atoms with Crippen LogP contribution in [-0.4, -0.2) is 54.0 Å². The van der Waals surface area contributed by atoms with Gasteiger partial charge in [-0.3, -0.25) is 9.35 Å². The minimum atomic E-state index is -3.67. The lowest BCUT2D eigenvalue weighted by Crippen LogP contribution is -2.30. The van der Waals surface area contributed by atoms with Crippen molar-refractivity contribution in [1.82, 2.24) is 4.57 Å². The van der Waals surface area contributed by atoms with E-state index >= 15 is 4.39 Å². The lowest BCUT2D eigenvalue weighted by Gasteiger charge is -2.24. The maximum Gasteiger partial charge on any atom is 0.341 e. The predicted octanol–water partition coefficient (Wildman–Crippen LogP) is 2.64. The molecule has 4 N–H and O–H groups in total. The molecule has 0 amide bonds. The number of fused-ring (bicyclic) bond motifs is 2.